The van der Waals surface area contributed by atoms with Crippen LogP contribution in [-0.4, -0.2) is 71.2 Å². The van der Waals surface area contributed by atoms with E-state index in [1.54, 1.807) is 0 Å². The van der Waals surface area contributed by atoms with Crippen LogP contribution in [0.1, 0.15) is 0 Å². The molecule has 0 saturated carbocycles. The third-order valence-electron chi connectivity index (χ3n) is 1.65. The number of aliphatic hydroxyl groups is 4. The minimum atomic E-state index is -5.12. The molecule has 21 heavy (non-hydrogen) atoms. The number of cyclic esters (lactones) is 1. The number of hydrogen-bond acceptors (Lipinski definition) is 11. The van der Waals surface area contributed by atoms with Gasteiger partial charge in [-0.25, -0.2) is 4.79 Å². The first-order chi connectivity index (χ1) is 9.28. The van der Waals surface area contributed by atoms with Gasteiger partial charge in [0.15, 0.2) is 11.9 Å². The second kappa shape index (κ2) is 6.98. The van der Waals surface area contributed by atoms with Crippen LogP contribution in [0.4, 0.5) is 0 Å². The second-order valence-corrected chi connectivity index (χ2v) is 5.49. The maximum Gasteiger partial charge on any atom is 0.413 e. The SMILES string of the molecule is O=C1O[C@H]([C@@H](O)CO)C(O)=C1O.O=S(=O)(O)OS(=O)(=O)O. The highest BCUT2D eigenvalue weighted by Gasteiger charge is 2.38. The number of carbonyl (C=O) groups is 1. The molecule has 13 nitrogen and oxygen atoms in total. The van der Waals surface area contributed by atoms with Crippen molar-refractivity contribution in [2.75, 3.05) is 6.61 Å². The molecule has 1 aliphatic heterocycles. The molecule has 0 amide bonds. The Bertz CT molecular complexity index is 583. The van der Waals surface area contributed by atoms with E-state index < -0.39 is 57.1 Å². The molecule has 0 radical (unpaired) electrons. The molecule has 0 aromatic carbocycles. The zero-order valence-electron chi connectivity index (χ0n) is 9.72. The molecule has 0 spiro atoms. The molecule has 0 aromatic heterocycles. The largest absolute Gasteiger partial charge is 0.505 e. The van der Waals surface area contributed by atoms with E-state index in [1.807, 2.05) is 0 Å². The molecule has 15 heteroatoms. The summed E-state index contributed by atoms with van der Waals surface area (Å²) in [5.41, 5.74) is 0. The van der Waals surface area contributed by atoms with E-state index in [0.29, 0.717) is 0 Å². The number of ether oxygens (including phenoxy) is 1. The van der Waals surface area contributed by atoms with Crippen LogP contribution in [0.25, 0.3) is 0 Å². The van der Waals surface area contributed by atoms with Crippen molar-refractivity contribution in [2.45, 2.75) is 12.2 Å². The molecule has 0 unspecified atom stereocenters. The summed E-state index contributed by atoms with van der Waals surface area (Å²) < 4.78 is 59.9. The van der Waals surface area contributed by atoms with Crippen molar-refractivity contribution >= 4 is 26.8 Å². The fourth-order valence-corrected chi connectivity index (χ4v) is 1.80. The van der Waals surface area contributed by atoms with Gasteiger partial charge >= 0.3 is 26.8 Å². The summed E-state index contributed by atoms with van der Waals surface area (Å²) in [6.07, 6.45) is -2.78. The first-order valence-electron chi connectivity index (χ1n) is 4.56. The van der Waals surface area contributed by atoms with Crippen molar-refractivity contribution in [1.82, 2.24) is 0 Å². The molecule has 0 saturated heterocycles. The number of rotatable bonds is 4. The Kier molecular flexibility index (Phi) is 6.49. The van der Waals surface area contributed by atoms with Crippen molar-refractivity contribution < 1.29 is 59.5 Å². The van der Waals surface area contributed by atoms with Crippen LogP contribution in [0.15, 0.2) is 11.5 Å². The molecule has 6 N–H and O–H groups in total. The molecular formula is C6H10O13S2. The van der Waals surface area contributed by atoms with E-state index >= 15 is 0 Å². The predicted octanol–water partition coefficient (Wildman–Crippen LogP) is -2.80. The van der Waals surface area contributed by atoms with Gasteiger partial charge in [0, 0.05) is 0 Å². The van der Waals surface area contributed by atoms with Gasteiger partial charge in [-0.1, -0.05) is 0 Å². The van der Waals surface area contributed by atoms with Crippen molar-refractivity contribution in [3.63, 3.8) is 0 Å². The lowest BCUT2D eigenvalue weighted by atomic mass is 10.2. The topological polar surface area (TPSA) is 225 Å². The second-order valence-electron chi connectivity index (χ2n) is 3.23. The Labute approximate surface area is 117 Å². The van der Waals surface area contributed by atoms with Gasteiger partial charge in [-0.05, 0) is 0 Å². The summed E-state index contributed by atoms with van der Waals surface area (Å²) in [5.74, 6) is -2.78. The molecule has 0 aliphatic carbocycles. The van der Waals surface area contributed by atoms with Gasteiger partial charge in [0.2, 0.25) is 5.76 Å². The molecule has 0 fully saturated rings. The highest BCUT2D eigenvalue weighted by atomic mass is 32.3. The summed E-state index contributed by atoms with van der Waals surface area (Å²) in [7, 11) is -10.2. The van der Waals surface area contributed by atoms with E-state index in [9.17, 15) is 21.6 Å². The minimum Gasteiger partial charge on any atom is -0.505 e. The number of aliphatic hydroxyl groups excluding tert-OH is 4. The van der Waals surface area contributed by atoms with Crippen LogP contribution in [0.3, 0.4) is 0 Å². The number of carbonyl (C=O) groups excluding carboxylic acids is 1. The van der Waals surface area contributed by atoms with Crippen molar-refractivity contribution in [1.29, 1.82) is 0 Å². The molecule has 124 valence electrons. The van der Waals surface area contributed by atoms with Crippen LogP contribution in [0.5, 0.6) is 0 Å². The van der Waals surface area contributed by atoms with E-state index in [-0.39, 0.29) is 0 Å². The van der Waals surface area contributed by atoms with Crippen molar-refractivity contribution in [2.24, 2.45) is 0 Å². The van der Waals surface area contributed by atoms with E-state index in [1.165, 1.54) is 0 Å². The summed E-state index contributed by atoms with van der Waals surface area (Å²) in [6.45, 7) is -0.671. The number of hydrogen-bond donors (Lipinski definition) is 6. The lowest BCUT2D eigenvalue weighted by molar-refractivity contribution is -0.147. The molecular weight excluding hydrogens is 344 g/mol. The first kappa shape index (κ1) is 19.5. The summed E-state index contributed by atoms with van der Waals surface area (Å²) in [6, 6.07) is 0. The van der Waals surface area contributed by atoms with Crippen LogP contribution in [0.2, 0.25) is 0 Å². The van der Waals surface area contributed by atoms with Crippen LogP contribution in [0, 0.1) is 0 Å². The highest BCUT2D eigenvalue weighted by Crippen LogP contribution is 2.20. The van der Waals surface area contributed by atoms with E-state index in [2.05, 4.69) is 8.37 Å². The van der Waals surface area contributed by atoms with Gasteiger partial charge < -0.3 is 25.2 Å². The average molecular weight is 354 g/mol. The quantitative estimate of drug-likeness (QED) is 0.222. The summed E-state index contributed by atoms with van der Waals surface area (Å²) in [5, 5.41) is 35.0. The maximum atomic E-state index is 10.5. The predicted molar refractivity (Wildman–Crippen MR) is 59.4 cm³/mol. The Balaban J connectivity index is 0.000000400. The zero-order valence-corrected chi connectivity index (χ0v) is 11.4. The van der Waals surface area contributed by atoms with Gasteiger partial charge in [0.05, 0.1) is 6.61 Å². The Hall–Kier alpha value is -1.49. The molecule has 2 atom stereocenters. The molecule has 1 rings (SSSR count). The van der Waals surface area contributed by atoms with Crippen molar-refractivity contribution in [3.8, 4) is 0 Å². The van der Waals surface area contributed by atoms with Crippen LogP contribution in [-0.2, 0) is 34.0 Å². The monoisotopic (exact) mass is 354 g/mol. The van der Waals surface area contributed by atoms with E-state index in [4.69, 9.17) is 29.5 Å². The van der Waals surface area contributed by atoms with Crippen LogP contribution >= 0.6 is 0 Å². The molecule has 1 heterocycles. The average Bonchev–Trinajstić information content (AvgIpc) is 2.52. The Morgan fingerprint density at radius 2 is 1.57 bits per heavy atom. The number of esters is 1. The smallest absolute Gasteiger partial charge is 0.413 e. The van der Waals surface area contributed by atoms with Crippen molar-refractivity contribution in [3.05, 3.63) is 11.5 Å². The maximum absolute atomic E-state index is 10.5. The molecule has 0 bridgehead atoms. The lowest BCUT2D eigenvalue weighted by Crippen LogP contribution is -2.31. The normalized spacial score (nSPS) is 20.6. The Morgan fingerprint density at radius 1 is 1.14 bits per heavy atom. The van der Waals surface area contributed by atoms with Gasteiger partial charge in [-0.2, -0.15) is 16.8 Å². The summed E-state index contributed by atoms with van der Waals surface area (Å²) >= 11 is 0. The standard InChI is InChI=1S/C6H8O6.H2O7S2/c7-1-2(8)5-3(9)4(10)6(11)12-5;1-8(2,3)7-9(4,5)6/h2,5,7-10H,1H2;(H,1,2,3)(H,4,5,6)/t2-,5+;/m0./s1. The summed E-state index contributed by atoms with van der Waals surface area (Å²) in [4.78, 5) is 10.5. The molecule has 1 aliphatic rings. The van der Waals surface area contributed by atoms with E-state index in [0.717, 1.165) is 0 Å². The van der Waals surface area contributed by atoms with Gasteiger partial charge in [-0.3, -0.25) is 9.11 Å². The van der Waals surface area contributed by atoms with Crippen LogP contribution < -0.4 is 0 Å². The minimum absolute atomic E-state index is 0.671. The third-order valence-corrected chi connectivity index (χ3v) is 3.02. The Morgan fingerprint density at radius 3 is 1.76 bits per heavy atom. The van der Waals surface area contributed by atoms with Gasteiger partial charge in [-0.15, -0.1) is 3.63 Å². The molecule has 0 aromatic rings. The van der Waals surface area contributed by atoms with Gasteiger partial charge in [0.1, 0.15) is 6.10 Å². The van der Waals surface area contributed by atoms with Gasteiger partial charge in [0.25, 0.3) is 0 Å². The fraction of sp³-hybridized carbons (Fsp3) is 0.500. The fourth-order valence-electron chi connectivity index (χ4n) is 0.931. The third kappa shape index (κ3) is 7.18. The first-order valence-corrected chi connectivity index (χ1v) is 7.29. The zero-order chi connectivity index (χ0) is 17.0. The lowest BCUT2D eigenvalue weighted by Gasteiger charge is -2.13. The highest BCUT2D eigenvalue weighted by molar-refractivity contribution is 7.94.